The molecule has 11 aromatic rings. The third kappa shape index (κ3) is 5.82. The van der Waals surface area contributed by atoms with Crippen LogP contribution in [0.3, 0.4) is 0 Å². The van der Waals surface area contributed by atoms with Gasteiger partial charge in [-0.15, -0.1) is 0 Å². The van der Waals surface area contributed by atoms with Crippen molar-refractivity contribution >= 4 is 60.5 Å². The van der Waals surface area contributed by atoms with E-state index in [-0.39, 0.29) is 0 Å². The Bertz CT molecular complexity index is 3240. The first-order chi connectivity index (χ1) is 28.8. The van der Waals surface area contributed by atoms with E-state index in [1.807, 2.05) is 12.1 Å². The van der Waals surface area contributed by atoms with Crippen molar-refractivity contribution in [3.8, 4) is 44.5 Å². The zero-order chi connectivity index (χ0) is 38.4. The molecule has 0 amide bonds. The first-order valence-corrected chi connectivity index (χ1v) is 19.8. The minimum Gasteiger partial charge on any atom is -0.456 e. The third-order valence-electron chi connectivity index (χ3n) is 11.5. The molecule has 58 heavy (non-hydrogen) atoms. The summed E-state index contributed by atoms with van der Waals surface area (Å²) in [6.07, 6.45) is 0. The van der Waals surface area contributed by atoms with Crippen molar-refractivity contribution in [3.63, 3.8) is 0 Å². The zero-order valence-corrected chi connectivity index (χ0v) is 31.7. The first kappa shape index (κ1) is 33.6. The van der Waals surface area contributed by atoms with Crippen LogP contribution in [0.2, 0.25) is 0 Å². The fraction of sp³-hybridized carbons (Fsp3) is 0. The average molecular weight is 740 g/mol. The van der Waals surface area contributed by atoms with Crippen molar-refractivity contribution < 1.29 is 4.42 Å². The minimum atomic E-state index is 0.905. The highest BCUT2D eigenvalue weighted by molar-refractivity contribution is 6.21. The van der Waals surface area contributed by atoms with Gasteiger partial charge in [0.2, 0.25) is 0 Å². The number of rotatable bonds is 7. The summed E-state index contributed by atoms with van der Waals surface area (Å²) in [6, 6.07) is 80.7. The van der Waals surface area contributed by atoms with Crippen LogP contribution in [0.5, 0.6) is 0 Å². The molecular weight excluding hydrogens is 703 g/mol. The summed E-state index contributed by atoms with van der Waals surface area (Å²) in [6.45, 7) is 0. The molecule has 0 saturated heterocycles. The van der Waals surface area contributed by atoms with Crippen molar-refractivity contribution in [3.05, 3.63) is 224 Å². The van der Waals surface area contributed by atoms with E-state index in [2.05, 4.69) is 217 Å². The molecule has 1 heterocycles. The summed E-state index contributed by atoms with van der Waals surface area (Å²) in [4.78, 5) is 2.35. The second-order valence-corrected chi connectivity index (χ2v) is 14.9. The van der Waals surface area contributed by atoms with Gasteiger partial charge in [0.05, 0.1) is 0 Å². The number of fused-ring (bicyclic) bond motifs is 6. The Kier molecular flexibility index (Phi) is 8.19. The fourth-order valence-electron chi connectivity index (χ4n) is 8.71. The SMILES string of the molecule is c1ccc(-c2ccc(N(c3ccc(-c4ccc5oc6ccccc6c5c4)cc3)c3ccc(-c4c(-c5ccccc5)c5ccccc5c5ccccc45)cc3)cc2)cc1. The highest BCUT2D eigenvalue weighted by Gasteiger charge is 2.19. The summed E-state index contributed by atoms with van der Waals surface area (Å²) in [5, 5.41) is 7.30. The lowest BCUT2D eigenvalue weighted by molar-refractivity contribution is 0.669. The molecule has 0 bridgehead atoms. The highest BCUT2D eigenvalue weighted by atomic mass is 16.3. The third-order valence-corrected chi connectivity index (χ3v) is 11.5. The van der Waals surface area contributed by atoms with E-state index >= 15 is 0 Å². The predicted octanol–water partition coefficient (Wildman–Crippen LogP) is 16.0. The lowest BCUT2D eigenvalue weighted by Gasteiger charge is -2.26. The lowest BCUT2D eigenvalue weighted by atomic mass is 9.85. The predicted molar refractivity (Wildman–Crippen MR) is 245 cm³/mol. The van der Waals surface area contributed by atoms with E-state index in [4.69, 9.17) is 4.42 Å². The van der Waals surface area contributed by atoms with Crippen molar-refractivity contribution in [1.29, 1.82) is 0 Å². The number of furan rings is 1. The Hall–Kier alpha value is -7.68. The maximum Gasteiger partial charge on any atom is 0.135 e. The normalized spacial score (nSPS) is 11.4. The van der Waals surface area contributed by atoms with E-state index in [1.54, 1.807) is 0 Å². The van der Waals surface area contributed by atoms with Gasteiger partial charge in [-0.2, -0.15) is 0 Å². The monoisotopic (exact) mass is 739 g/mol. The number of anilines is 3. The fourth-order valence-corrected chi connectivity index (χ4v) is 8.71. The topological polar surface area (TPSA) is 16.4 Å². The number of hydrogen-bond acceptors (Lipinski definition) is 2. The number of nitrogens with zero attached hydrogens (tertiary/aromatic N) is 1. The summed E-state index contributed by atoms with van der Waals surface area (Å²) < 4.78 is 6.13. The van der Waals surface area contributed by atoms with E-state index in [0.29, 0.717) is 0 Å². The largest absolute Gasteiger partial charge is 0.456 e. The molecule has 272 valence electrons. The Morgan fingerprint density at radius 3 is 1.16 bits per heavy atom. The van der Waals surface area contributed by atoms with Crippen LogP contribution in [-0.4, -0.2) is 0 Å². The van der Waals surface area contributed by atoms with Gasteiger partial charge in [0, 0.05) is 27.8 Å². The van der Waals surface area contributed by atoms with Gasteiger partial charge in [-0.1, -0.05) is 170 Å². The summed E-state index contributed by atoms with van der Waals surface area (Å²) in [5.41, 5.74) is 14.7. The molecule has 10 aromatic carbocycles. The van der Waals surface area contributed by atoms with Crippen LogP contribution in [0.4, 0.5) is 17.1 Å². The smallest absolute Gasteiger partial charge is 0.135 e. The Balaban J connectivity index is 1.03. The molecule has 2 heteroatoms. The van der Waals surface area contributed by atoms with Crippen LogP contribution < -0.4 is 4.90 Å². The van der Waals surface area contributed by atoms with Crippen molar-refractivity contribution in [2.45, 2.75) is 0 Å². The van der Waals surface area contributed by atoms with Gasteiger partial charge in [0.15, 0.2) is 0 Å². The highest BCUT2D eigenvalue weighted by Crippen LogP contribution is 2.46. The molecule has 0 aliphatic heterocycles. The van der Waals surface area contributed by atoms with Gasteiger partial charge in [-0.05, 0) is 121 Å². The van der Waals surface area contributed by atoms with Gasteiger partial charge in [0.25, 0.3) is 0 Å². The molecule has 2 nitrogen and oxygen atoms in total. The Morgan fingerprint density at radius 1 is 0.241 bits per heavy atom. The molecule has 11 rings (SSSR count). The molecule has 0 spiro atoms. The van der Waals surface area contributed by atoms with Crippen LogP contribution in [0.1, 0.15) is 0 Å². The van der Waals surface area contributed by atoms with E-state index < -0.39 is 0 Å². The maximum absolute atomic E-state index is 6.13. The summed E-state index contributed by atoms with van der Waals surface area (Å²) in [7, 11) is 0. The van der Waals surface area contributed by atoms with Crippen LogP contribution >= 0.6 is 0 Å². The van der Waals surface area contributed by atoms with Crippen LogP contribution in [-0.2, 0) is 0 Å². The second-order valence-electron chi connectivity index (χ2n) is 14.9. The van der Waals surface area contributed by atoms with Gasteiger partial charge < -0.3 is 9.32 Å². The average Bonchev–Trinajstić information content (AvgIpc) is 3.68. The molecular formula is C56H37NO. The Morgan fingerprint density at radius 2 is 0.603 bits per heavy atom. The molecule has 0 N–H and O–H groups in total. The van der Waals surface area contributed by atoms with E-state index in [0.717, 1.165) is 50.1 Å². The molecule has 0 fully saturated rings. The quantitative estimate of drug-likeness (QED) is 0.151. The van der Waals surface area contributed by atoms with Gasteiger partial charge >= 0.3 is 0 Å². The minimum absolute atomic E-state index is 0.905. The second kappa shape index (κ2) is 14.1. The van der Waals surface area contributed by atoms with Crippen molar-refractivity contribution in [2.24, 2.45) is 0 Å². The van der Waals surface area contributed by atoms with Crippen molar-refractivity contribution in [1.82, 2.24) is 0 Å². The molecule has 0 unspecified atom stereocenters. The number of hydrogen-bond donors (Lipinski definition) is 0. The Labute approximate surface area is 337 Å². The molecule has 0 saturated carbocycles. The maximum atomic E-state index is 6.13. The van der Waals surface area contributed by atoms with Gasteiger partial charge in [-0.25, -0.2) is 0 Å². The summed E-state index contributed by atoms with van der Waals surface area (Å²) >= 11 is 0. The zero-order valence-electron chi connectivity index (χ0n) is 31.7. The van der Waals surface area contributed by atoms with Crippen LogP contribution in [0, 0.1) is 0 Å². The summed E-state index contributed by atoms with van der Waals surface area (Å²) in [5.74, 6) is 0. The molecule has 1 aromatic heterocycles. The first-order valence-electron chi connectivity index (χ1n) is 19.8. The van der Waals surface area contributed by atoms with Crippen LogP contribution in [0.25, 0.3) is 88.0 Å². The number of benzene rings is 10. The molecule has 0 atom stereocenters. The molecule has 0 aliphatic rings. The van der Waals surface area contributed by atoms with Gasteiger partial charge in [-0.3, -0.25) is 0 Å². The van der Waals surface area contributed by atoms with Gasteiger partial charge in [0.1, 0.15) is 11.2 Å². The number of para-hydroxylation sites is 1. The standard InChI is InChI=1S/C56H37NO/c1-3-13-38(14-4-1)39-23-30-44(31-24-39)57(45-32-25-40(26-33-45)43-29-36-54-52(37-43)49-19-11-12-22-53(49)58-54)46-34-27-42(28-35-46)56-51-21-10-8-18-48(51)47-17-7-9-20-50(47)55(56)41-15-5-2-6-16-41/h1-37H. The lowest BCUT2D eigenvalue weighted by Crippen LogP contribution is -2.09. The van der Waals surface area contributed by atoms with E-state index in [1.165, 1.54) is 54.9 Å². The van der Waals surface area contributed by atoms with Crippen LogP contribution in [0.15, 0.2) is 229 Å². The van der Waals surface area contributed by atoms with E-state index in [9.17, 15) is 0 Å². The molecule has 0 radical (unpaired) electrons. The molecule has 0 aliphatic carbocycles. The van der Waals surface area contributed by atoms with Crippen molar-refractivity contribution in [2.75, 3.05) is 4.90 Å².